The Hall–Kier alpha value is -1.55. The van der Waals surface area contributed by atoms with Crippen LogP contribution in [0.25, 0.3) is 0 Å². The molecule has 19 heavy (non-hydrogen) atoms. The fourth-order valence-corrected chi connectivity index (χ4v) is 2.45. The normalized spacial score (nSPS) is 19.1. The second-order valence-electron chi connectivity index (χ2n) is 5.20. The predicted octanol–water partition coefficient (Wildman–Crippen LogP) is 2.56. The number of hydrogen-bond acceptors (Lipinski definition) is 3. The van der Waals surface area contributed by atoms with Gasteiger partial charge < -0.3 is 15.7 Å². The molecule has 0 aromatic heterocycles. The number of aryl methyl sites for hydroxylation is 1. The lowest BCUT2D eigenvalue weighted by atomic mass is 10.0. The van der Waals surface area contributed by atoms with Crippen molar-refractivity contribution in [3.63, 3.8) is 0 Å². The first-order valence-electron chi connectivity index (χ1n) is 6.98. The van der Waals surface area contributed by atoms with E-state index in [-0.39, 0.29) is 11.7 Å². The molecular formula is C15H22N2O2. The van der Waals surface area contributed by atoms with Crippen molar-refractivity contribution in [2.24, 2.45) is 0 Å². The van der Waals surface area contributed by atoms with Gasteiger partial charge in [0.25, 0.3) is 0 Å². The largest absolute Gasteiger partial charge is 0.505 e. The minimum Gasteiger partial charge on any atom is -0.505 e. The van der Waals surface area contributed by atoms with Gasteiger partial charge in [-0.3, -0.25) is 4.79 Å². The molecule has 4 nitrogen and oxygen atoms in total. The monoisotopic (exact) mass is 262 g/mol. The highest BCUT2D eigenvalue weighted by Gasteiger charge is 2.14. The molecule has 1 aliphatic heterocycles. The van der Waals surface area contributed by atoms with Gasteiger partial charge >= 0.3 is 0 Å². The third-order valence-corrected chi connectivity index (χ3v) is 3.64. The molecule has 1 aliphatic rings. The summed E-state index contributed by atoms with van der Waals surface area (Å²) in [6.07, 6.45) is 4.99. The Balaban J connectivity index is 1.82. The van der Waals surface area contributed by atoms with E-state index in [0.717, 1.165) is 24.9 Å². The fraction of sp³-hybridized carbons (Fsp3) is 0.533. The summed E-state index contributed by atoms with van der Waals surface area (Å²) in [5, 5.41) is 16.0. The Morgan fingerprint density at radius 1 is 1.47 bits per heavy atom. The van der Waals surface area contributed by atoms with Crippen LogP contribution in [-0.2, 0) is 4.79 Å². The summed E-state index contributed by atoms with van der Waals surface area (Å²) < 4.78 is 0. The Kier molecular flexibility index (Phi) is 4.80. The lowest BCUT2D eigenvalue weighted by molar-refractivity contribution is -0.116. The molecule has 1 aromatic carbocycles. The molecular weight excluding hydrogens is 240 g/mol. The highest BCUT2D eigenvalue weighted by atomic mass is 16.3. The van der Waals surface area contributed by atoms with Gasteiger partial charge in [0.05, 0.1) is 5.69 Å². The van der Waals surface area contributed by atoms with E-state index in [9.17, 15) is 9.90 Å². The number of anilines is 1. The molecule has 1 aromatic rings. The van der Waals surface area contributed by atoms with Gasteiger partial charge in [-0.05, 0) is 44.4 Å². The number of rotatable bonds is 4. The summed E-state index contributed by atoms with van der Waals surface area (Å²) in [4.78, 5) is 11.9. The van der Waals surface area contributed by atoms with Crippen molar-refractivity contribution in [3.8, 4) is 5.75 Å². The van der Waals surface area contributed by atoms with Crippen molar-refractivity contribution in [1.82, 2.24) is 5.32 Å². The lowest BCUT2D eigenvalue weighted by Gasteiger charge is -2.23. The molecule has 0 spiro atoms. The Morgan fingerprint density at radius 3 is 3.05 bits per heavy atom. The zero-order valence-electron chi connectivity index (χ0n) is 11.4. The highest BCUT2D eigenvalue weighted by Crippen LogP contribution is 2.26. The summed E-state index contributed by atoms with van der Waals surface area (Å²) in [6.45, 7) is 2.88. The Morgan fingerprint density at radius 2 is 2.32 bits per heavy atom. The predicted molar refractivity (Wildman–Crippen MR) is 76.3 cm³/mol. The Labute approximate surface area is 114 Å². The fourth-order valence-electron chi connectivity index (χ4n) is 2.45. The van der Waals surface area contributed by atoms with Crippen molar-refractivity contribution < 1.29 is 9.90 Å². The number of nitrogens with one attached hydrogen (secondary N) is 2. The third kappa shape index (κ3) is 3.96. The summed E-state index contributed by atoms with van der Waals surface area (Å²) in [5.74, 6) is 0.125. The number of piperidine rings is 1. The Bertz CT molecular complexity index is 440. The number of hydrogen-bond donors (Lipinski definition) is 3. The minimum absolute atomic E-state index is 0.0340. The maximum absolute atomic E-state index is 11.9. The third-order valence-electron chi connectivity index (χ3n) is 3.64. The molecule has 2 rings (SSSR count). The van der Waals surface area contributed by atoms with Crippen LogP contribution >= 0.6 is 0 Å². The molecule has 1 fully saturated rings. The van der Waals surface area contributed by atoms with Crippen LogP contribution in [0.3, 0.4) is 0 Å². The number of carbonyl (C=O) groups is 1. The first-order valence-corrected chi connectivity index (χ1v) is 6.98. The maximum atomic E-state index is 11.9. The van der Waals surface area contributed by atoms with Crippen LogP contribution in [0.2, 0.25) is 0 Å². The topological polar surface area (TPSA) is 61.4 Å². The van der Waals surface area contributed by atoms with Gasteiger partial charge in [0.1, 0.15) is 5.75 Å². The van der Waals surface area contributed by atoms with Gasteiger partial charge in [-0.2, -0.15) is 0 Å². The number of carbonyl (C=O) groups excluding carboxylic acids is 1. The first-order chi connectivity index (χ1) is 9.16. The van der Waals surface area contributed by atoms with E-state index in [1.165, 1.54) is 12.8 Å². The van der Waals surface area contributed by atoms with Gasteiger partial charge in [-0.25, -0.2) is 0 Å². The van der Waals surface area contributed by atoms with Gasteiger partial charge in [0, 0.05) is 12.5 Å². The molecule has 1 atom stereocenters. The number of amides is 1. The number of phenols is 1. The van der Waals surface area contributed by atoms with E-state index in [0.29, 0.717) is 18.2 Å². The van der Waals surface area contributed by atoms with Crippen molar-refractivity contribution >= 4 is 11.6 Å². The number of aromatic hydroxyl groups is 1. The molecule has 0 radical (unpaired) electrons. The molecule has 1 amide bonds. The zero-order valence-corrected chi connectivity index (χ0v) is 11.4. The molecule has 0 bridgehead atoms. The quantitative estimate of drug-likeness (QED) is 0.731. The van der Waals surface area contributed by atoms with Crippen molar-refractivity contribution in [2.45, 2.75) is 45.1 Å². The van der Waals surface area contributed by atoms with E-state index < -0.39 is 0 Å². The summed E-state index contributed by atoms with van der Waals surface area (Å²) >= 11 is 0. The van der Waals surface area contributed by atoms with Crippen LogP contribution in [0, 0.1) is 6.92 Å². The van der Waals surface area contributed by atoms with Crippen LogP contribution in [0.15, 0.2) is 18.2 Å². The average Bonchev–Trinajstić information content (AvgIpc) is 2.43. The summed E-state index contributed by atoms with van der Waals surface area (Å²) in [5.41, 5.74) is 1.27. The van der Waals surface area contributed by atoms with Gasteiger partial charge in [-0.1, -0.05) is 18.6 Å². The average molecular weight is 262 g/mol. The van der Waals surface area contributed by atoms with Crippen molar-refractivity contribution in [2.75, 3.05) is 11.9 Å². The maximum Gasteiger partial charge on any atom is 0.224 e. The van der Waals surface area contributed by atoms with E-state index in [4.69, 9.17) is 0 Å². The van der Waals surface area contributed by atoms with Gasteiger partial charge in [0.15, 0.2) is 0 Å². The zero-order chi connectivity index (χ0) is 13.7. The summed E-state index contributed by atoms with van der Waals surface area (Å²) in [6, 6.07) is 5.83. The van der Waals surface area contributed by atoms with E-state index in [2.05, 4.69) is 10.6 Å². The standard InChI is InChI=1S/C15H22N2O2/c1-11-5-4-7-13(15(11)19)17-14(18)9-8-12-6-2-3-10-16-12/h4-5,7,12,16,19H,2-3,6,8-10H2,1H3,(H,17,18). The smallest absolute Gasteiger partial charge is 0.224 e. The van der Waals surface area contributed by atoms with Crippen molar-refractivity contribution in [3.05, 3.63) is 23.8 Å². The first kappa shape index (κ1) is 13.9. The van der Waals surface area contributed by atoms with Gasteiger partial charge in [0.2, 0.25) is 5.91 Å². The minimum atomic E-state index is -0.0340. The second-order valence-corrected chi connectivity index (χ2v) is 5.20. The van der Waals surface area contributed by atoms with Crippen LogP contribution < -0.4 is 10.6 Å². The van der Waals surface area contributed by atoms with E-state index in [1.807, 2.05) is 19.1 Å². The van der Waals surface area contributed by atoms with Crippen LogP contribution in [0.4, 0.5) is 5.69 Å². The molecule has 0 aliphatic carbocycles. The molecule has 0 saturated carbocycles. The molecule has 1 saturated heterocycles. The number of para-hydroxylation sites is 1. The molecule has 1 unspecified atom stereocenters. The number of phenolic OH excluding ortho intramolecular Hbond substituents is 1. The van der Waals surface area contributed by atoms with Crippen molar-refractivity contribution in [1.29, 1.82) is 0 Å². The van der Waals surface area contributed by atoms with E-state index >= 15 is 0 Å². The van der Waals surface area contributed by atoms with E-state index in [1.54, 1.807) is 6.07 Å². The summed E-state index contributed by atoms with van der Waals surface area (Å²) in [7, 11) is 0. The molecule has 1 heterocycles. The number of benzene rings is 1. The second kappa shape index (κ2) is 6.57. The molecule has 4 heteroatoms. The highest BCUT2D eigenvalue weighted by molar-refractivity contribution is 5.92. The van der Waals surface area contributed by atoms with Crippen LogP contribution in [-0.4, -0.2) is 23.6 Å². The SMILES string of the molecule is Cc1cccc(NC(=O)CCC2CCCCN2)c1O. The van der Waals surface area contributed by atoms with Gasteiger partial charge in [-0.15, -0.1) is 0 Å². The van der Waals surface area contributed by atoms with Crippen LogP contribution in [0.1, 0.15) is 37.7 Å². The van der Waals surface area contributed by atoms with Crippen LogP contribution in [0.5, 0.6) is 5.75 Å². The molecule has 104 valence electrons. The lowest BCUT2D eigenvalue weighted by Crippen LogP contribution is -2.34. The molecule has 3 N–H and O–H groups in total.